The Hall–Kier alpha value is -1.83. The predicted molar refractivity (Wildman–Crippen MR) is 87.0 cm³/mol. The van der Waals surface area contributed by atoms with Gasteiger partial charge in [-0.05, 0) is 40.4 Å². The summed E-state index contributed by atoms with van der Waals surface area (Å²) in [6.45, 7) is 3.71. The molecular weight excluding hydrogens is 368 g/mol. The van der Waals surface area contributed by atoms with Crippen molar-refractivity contribution < 1.29 is 23.9 Å². The average molecular weight is 389 g/mol. The van der Waals surface area contributed by atoms with E-state index in [-0.39, 0.29) is 24.8 Å². The van der Waals surface area contributed by atoms with Gasteiger partial charge in [0.2, 0.25) is 5.91 Å². The van der Waals surface area contributed by atoms with Crippen molar-refractivity contribution in [1.82, 2.24) is 10.2 Å². The Balaban J connectivity index is 2.49. The van der Waals surface area contributed by atoms with Gasteiger partial charge in [-0.25, -0.2) is 0 Å². The number of amides is 2. The number of hydrogen-bond acceptors (Lipinski definition) is 4. The maximum absolute atomic E-state index is 12.0. The third-order valence-corrected chi connectivity index (χ3v) is 3.59. The molecule has 2 N–H and O–H groups in total. The standard InChI is InChI=1S/C15H21BrN2O5/c1-9(2)6-10(15(21)22)7-17-13(19)8-18(3)14(20)11-4-5-12(16)23-11/h4-5,9-10H,6-8H2,1-3H3,(H,17,19)(H,21,22). The number of rotatable bonds is 8. The first-order valence-corrected chi connectivity index (χ1v) is 8.00. The van der Waals surface area contributed by atoms with E-state index >= 15 is 0 Å². The van der Waals surface area contributed by atoms with Crippen molar-refractivity contribution in [3.63, 3.8) is 0 Å². The Morgan fingerprint density at radius 1 is 1.35 bits per heavy atom. The molecule has 2 amide bonds. The van der Waals surface area contributed by atoms with Crippen LogP contribution in [-0.4, -0.2) is 47.9 Å². The maximum atomic E-state index is 12.0. The molecule has 0 aliphatic heterocycles. The van der Waals surface area contributed by atoms with Crippen molar-refractivity contribution in [2.75, 3.05) is 20.1 Å². The van der Waals surface area contributed by atoms with Gasteiger partial charge in [0, 0.05) is 13.6 Å². The van der Waals surface area contributed by atoms with E-state index in [0.29, 0.717) is 11.1 Å². The van der Waals surface area contributed by atoms with Crippen LogP contribution in [0.2, 0.25) is 0 Å². The third kappa shape index (κ3) is 6.43. The van der Waals surface area contributed by atoms with Crippen LogP contribution in [0.4, 0.5) is 0 Å². The average Bonchev–Trinajstić information content (AvgIpc) is 2.88. The SMILES string of the molecule is CC(C)CC(CNC(=O)CN(C)C(=O)c1ccc(Br)o1)C(=O)O. The Labute approximate surface area is 143 Å². The number of carbonyl (C=O) groups excluding carboxylic acids is 2. The zero-order valence-electron chi connectivity index (χ0n) is 13.3. The molecule has 1 aromatic rings. The number of nitrogens with zero attached hydrogens (tertiary/aromatic N) is 1. The Morgan fingerprint density at radius 3 is 2.48 bits per heavy atom. The van der Waals surface area contributed by atoms with Gasteiger partial charge in [0.1, 0.15) is 0 Å². The van der Waals surface area contributed by atoms with E-state index in [9.17, 15) is 14.4 Å². The van der Waals surface area contributed by atoms with Gasteiger partial charge in [-0.3, -0.25) is 14.4 Å². The van der Waals surface area contributed by atoms with Gasteiger partial charge in [0.25, 0.3) is 5.91 Å². The normalized spacial score (nSPS) is 12.0. The van der Waals surface area contributed by atoms with Crippen molar-refractivity contribution in [3.8, 4) is 0 Å². The Morgan fingerprint density at radius 2 is 2.00 bits per heavy atom. The van der Waals surface area contributed by atoms with E-state index in [4.69, 9.17) is 9.52 Å². The highest BCUT2D eigenvalue weighted by Crippen LogP contribution is 2.15. The summed E-state index contributed by atoms with van der Waals surface area (Å²) in [6, 6.07) is 3.09. The second kappa shape index (κ2) is 8.71. The van der Waals surface area contributed by atoms with Gasteiger partial charge in [-0.1, -0.05) is 13.8 Å². The minimum atomic E-state index is -0.941. The van der Waals surface area contributed by atoms with Gasteiger partial charge in [-0.15, -0.1) is 0 Å². The van der Waals surface area contributed by atoms with Crippen LogP contribution in [-0.2, 0) is 9.59 Å². The van der Waals surface area contributed by atoms with Crippen LogP contribution in [0.15, 0.2) is 21.2 Å². The molecule has 0 bridgehead atoms. The van der Waals surface area contributed by atoms with E-state index < -0.39 is 23.7 Å². The van der Waals surface area contributed by atoms with Crippen LogP contribution < -0.4 is 5.32 Å². The lowest BCUT2D eigenvalue weighted by Crippen LogP contribution is -2.41. The Bertz CT molecular complexity index is 570. The number of hydrogen-bond donors (Lipinski definition) is 2. The first kappa shape index (κ1) is 19.2. The van der Waals surface area contributed by atoms with Gasteiger partial charge in [0.05, 0.1) is 12.5 Å². The van der Waals surface area contributed by atoms with Crippen molar-refractivity contribution in [2.45, 2.75) is 20.3 Å². The fourth-order valence-electron chi connectivity index (χ4n) is 2.04. The molecule has 0 aliphatic rings. The van der Waals surface area contributed by atoms with E-state index in [1.165, 1.54) is 18.0 Å². The summed E-state index contributed by atoms with van der Waals surface area (Å²) >= 11 is 3.10. The maximum Gasteiger partial charge on any atom is 0.308 e. The largest absolute Gasteiger partial charge is 0.481 e. The summed E-state index contributed by atoms with van der Waals surface area (Å²) < 4.78 is 5.56. The molecule has 0 spiro atoms. The minimum absolute atomic E-state index is 0.0423. The molecular formula is C15H21BrN2O5. The van der Waals surface area contributed by atoms with Crippen molar-refractivity contribution in [3.05, 3.63) is 22.6 Å². The lowest BCUT2D eigenvalue weighted by molar-refractivity contribution is -0.142. The molecule has 1 heterocycles. The van der Waals surface area contributed by atoms with Gasteiger partial charge in [-0.2, -0.15) is 0 Å². The molecule has 1 atom stereocenters. The highest BCUT2D eigenvalue weighted by Gasteiger charge is 2.21. The van der Waals surface area contributed by atoms with Crippen molar-refractivity contribution in [2.24, 2.45) is 11.8 Å². The fraction of sp³-hybridized carbons (Fsp3) is 0.533. The van der Waals surface area contributed by atoms with Gasteiger partial charge >= 0.3 is 5.97 Å². The first-order chi connectivity index (χ1) is 10.7. The molecule has 0 radical (unpaired) electrons. The molecule has 23 heavy (non-hydrogen) atoms. The summed E-state index contributed by atoms with van der Waals surface area (Å²) in [5.74, 6) is -2.08. The highest BCUT2D eigenvalue weighted by atomic mass is 79.9. The van der Waals surface area contributed by atoms with Crippen LogP contribution in [0, 0.1) is 11.8 Å². The Kier molecular flexibility index (Phi) is 7.28. The van der Waals surface area contributed by atoms with Crippen LogP contribution in [0.1, 0.15) is 30.8 Å². The quantitative estimate of drug-likeness (QED) is 0.708. The van der Waals surface area contributed by atoms with Crippen LogP contribution in [0.5, 0.6) is 0 Å². The number of carboxylic acid groups (broad SMARTS) is 1. The zero-order valence-corrected chi connectivity index (χ0v) is 14.9. The number of likely N-dealkylation sites (N-methyl/N-ethyl adjacent to an activating group) is 1. The summed E-state index contributed by atoms with van der Waals surface area (Å²) in [6.07, 6.45) is 0.477. The second-order valence-corrected chi connectivity index (χ2v) is 6.52. The zero-order chi connectivity index (χ0) is 17.6. The molecule has 0 aliphatic carbocycles. The molecule has 8 heteroatoms. The van der Waals surface area contributed by atoms with Crippen LogP contribution in [0.25, 0.3) is 0 Å². The highest BCUT2D eigenvalue weighted by molar-refractivity contribution is 9.10. The minimum Gasteiger partial charge on any atom is -0.481 e. The molecule has 1 unspecified atom stereocenters. The second-order valence-electron chi connectivity index (χ2n) is 5.73. The monoisotopic (exact) mass is 388 g/mol. The van der Waals surface area contributed by atoms with Crippen molar-refractivity contribution >= 4 is 33.7 Å². The molecule has 1 rings (SSSR count). The number of aliphatic carboxylic acids is 1. The number of carbonyl (C=O) groups is 3. The van der Waals surface area contributed by atoms with E-state index in [0.717, 1.165) is 0 Å². The lowest BCUT2D eigenvalue weighted by atomic mass is 9.97. The molecule has 7 nitrogen and oxygen atoms in total. The van der Waals surface area contributed by atoms with E-state index in [1.807, 2.05) is 13.8 Å². The van der Waals surface area contributed by atoms with E-state index in [2.05, 4.69) is 21.2 Å². The third-order valence-electron chi connectivity index (χ3n) is 3.16. The van der Waals surface area contributed by atoms with Crippen LogP contribution in [0.3, 0.4) is 0 Å². The topological polar surface area (TPSA) is 99.9 Å². The summed E-state index contributed by atoms with van der Waals surface area (Å²) in [4.78, 5) is 36.2. The summed E-state index contributed by atoms with van der Waals surface area (Å²) in [5, 5.41) is 11.7. The smallest absolute Gasteiger partial charge is 0.308 e. The summed E-state index contributed by atoms with van der Waals surface area (Å²) in [5.41, 5.74) is 0. The number of carboxylic acids is 1. The molecule has 1 aromatic heterocycles. The summed E-state index contributed by atoms with van der Waals surface area (Å²) in [7, 11) is 1.47. The van der Waals surface area contributed by atoms with Crippen LogP contribution >= 0.6 is 15.9 Å². The number of nitrogens with one attached hydrogen (secondary N) is 1. The molecule has 0 saturated heterocycles. The fourth-order valence-corrected chi connectivity index (χ4v) is 2.34. The van der Waals surface area contributed by atoms with Gasteiger partial charge < -0.3 is 19.7 Å². The first-order valence-electron chi connectivity index (χ1n) is 7.21. The van der Waals surface area contributed by atoms with Crippen molar-refractivity contribution in [1.29, 1.82) is 0 Å². The molecule has 0 fully saturated rings. The lowest BCUT2D eigenvalue weighted by Gasteiger charge is -2.18. The molecule has 0 saturated carbocycles. The predicted octanol–water partition coefficient (Wildman–Crippen LogP) is 1.98. The molecule has 128 valence electrons. The number of furan rings is 1. The molecule has 0 aromatic carbocycles. The van der Waals surface area contributed by atoms with E-state index in [1.54, 1.807) is 6.07 Å². The number of halogens is 1. The van der Waals surface area contributed by atoms with Gasteiger partial charge in [0.15, 0.2) is 10.4 Å².